The summed E-state index contributed by atoms with van der Waals surface area (Å²) >= 11 is 0. The summed E-state index contributed by atoms with van der Waals surface area (Å²) in [6.07, 6.45) is 16.0. The third kappa shape index (κ3) is 4.70. The van der Waals surface area contributed by atoms with Crippen LogP contribution in [0.25, 0.3) is 0 Å². The summed E-state index contributed by atoms with van der Waals surface area (Å²) in [5, 5.41) is 70.3. The molecule has 2 unspecified atom stereocenters. The molecule has 12 aliphatic carbocycles. The van der Waals surface area contributed by atoms with Gasteiger partial charge in [0.2, 0.25) is 0 Å². The van der Waals surface area contributed by atoms with Gasteiger partial charge in [0.05, 0.1) is 33.6 Å². The highest BCUT2D eigenvalue weighted by atomic mass is 16.3. The molecule has 12 fully saturated rings. The van der Waals surface area contributed by atoms with Crippen LogP contribution in [-0.2, 0) is 0 Å². The lowest BCUT2D eigenvalue weighted by Gasteiger charge is -2.61. The molecule has 12 aliphatic rings. The summed E-state index contributed by atoms with van der Waals surface area (Å²) < 4.78 is 0. The smallest absolute Gasteiger partial charge is 0.0705 e. The molecule has 0 aliphatic heterocycles. The number of hydrogen-bond donors (Lipinski definition) is 7. The summed E-state index contributed by atoms with van der Waals surface area (Å²) in [5.74, 6) is 2.97. The first-order valence-electron chi connectivity index (χ1n) is 15.6. The summed E-state index contributed by atoms with van der Waals surface area (Å²) in [6.45, 7) is 0.294. The largest absolute Gasteiger partial charge is 0.396 e. The van der Waals surface area contributed by atoms with E-state index in [-0.39, 0.29) is 5.41 Å². The molecule has 7 nitrogen and oxygen atoms in total. The number of aliphatic hydroxyl groups is 7. The van der Waals surface area contributed by atoms with Crippen LogP contribution in [0, 0.1) is 35.0 Å². The molecule has 38 heavy (non-hydrogen) atoms. The van der Waals surface area contributed by atoms with Crippen molar-refractivity contribution >= 4 is 0 Å². The molecule has 7 N–H and O–H groups in total. The van der Waals surface area contributed by atoms with Crippen LogP contribution in [0.4, 0.5) is 0 Å². The Bertz CT molecular complexity index is 865. The van der Waals surface area contributed by atoms with Crippen LogP contribution in [0.3, 0.4) is 0 Å². The lowest BCUT2D eigenvalue weighted by Crippen LogP contribution is -2.65. The van der Waals surface area contributed by atoms with Gasteiger partial charge >= 0.3 is 0 Å². The van der Waals surface area contributed by atoms with Gasteiger partial charge in [0.1, 0.15) is 0 Å². The van der Waals surface area contributed by atoms with Crippen molar-refractivity contribution in [2.75, 3.05) is 6.61 Å². The van der Waals surface area contributed by atoms with Gasteiger partial charge in [0.15, 0.2) is 0 Å². The van der Waals surface area contributed by atoms with Gasteiger partial charge in [-0.15, -0.1) is 0 Å². The molecule has 0 saturated heterocycles. The summed E-state index contributed by atoms with van der Waals surface area (Å²) in [7, 11) is 0. The first-order valence-corrected chi connectivity index (χ1v) is 15.6. The van der Waals surface area contributed by atoms with Crippen LogP contribution in [0.5, 0.6) is 0 Å². The maximum absolute atomic E-state index is 10.3. The van der Waals surface area contributed by atoms with Gasteiger partial charge in [-0.25, -0.2) is 0 Å². The van der Waals surface area contributed by atoms with Crippen LogP contribution in [-0.4, -0.2) is 76.0 Å². The van der Waals surface area contributed by atoms with E-state index < -0.39 is 33.6 Å². The van der Waals surface area contributed by atoms with Crippen LogP contribution < -0.4 is 0 Å². The van der Waals surface area contributed by atoms with Gasteiger partial charge in [-0.3, -0.25) is 0 Å². The van der Waals surface area contributed by atoms with E-state index in [1.807, 2.05) is 0 Å². The Morgan fingerprint density at radius 3 is 0.947 bits per heavy atom. The van der Waals surface area contributed by atoms with Gasteiger partial charge < -0.3 is 35.7 Å². The molecule has 216 valence electrons. The molecule has 7 heteroatoms. The highest BCUT2D eigenvalue weighted by Crippen LogP contribution is 2.62. The van der Waals surface area contributed by atoms with Crippen LogP contribution in [0.15, 0.2) is 0 Å². The average Bonchev–Trinajstić information content (AvgIpc) is 2.66. The lowest BCUT2D eigenvalue weighted by molar-refractivity contribution is -0.253. The third-order valence-electron chi connectivity index (χ3n) is 12.5. The zero-order valence-corrected chi connectivity index (χ0v) is 23.0. The molecular weight excluding hydrogens is 484 g/mol. The Morgan fingerprint density at radius 1 is 0.368 bits per heavy atom. The maximum atomic E-state index is 10.3. The van der Waals surface area contributed by atoms with E-state index in [9.17, 15) is 35.7 Å². The lowest BCUT2D eigenvalue weighted by atomic mass is 9.48. The monoisotopic (exact) mass is 534 g/mol. The SMILES string of the molecule is OC12CC3CC(C1)CC(O)(C3)C2.OC12CC3CC(O)(C1)CC(O)(C3)C2.OCC12CC3CC(CC(O)(C3)C1)C2. The standard InChI is InChI=1S/C11H18O2.C10H16O3.C10H16O2/c12-7-10-2-8-1-9(3-10)5-11(13,4-8)6-10;11-8-1-7-2-9(12,4-8)6-10(13,3-7)5-8;11-9-2-7-1-8(4-9)5-10(12,3-7)6-9/h8-9,12-13H,1-7H2;7,11-13H,1-6H2;7-8,11-12H,1-6H2. The van der Waals surface area contributed by atoms with Gasteiger partial charge in [-0.1, -0.05) is 0 Å². The van der Waals surface area contributed by atoms with Crippen molar-refractivity contribution in [3.05, 3.63) is 0 Å². The van der Waals surface area contributed by atoms with Crippen molar-refractivity contribution < 1.29 is 35.7 Å². The fourth-order valence-electron chi connectivity index (χ4n) is 13.0. The zero-order chi connectivity index (χ0) is 26.8. The minimum absolute atomic E-state index is 0.110. The Morgan fingerprint density at radius 2 is 0.658 bits per heavy atom. The van der Waals surface area contributed by atoms with E-state index in [2.05, 4.69) is 0 Å². The molecule has 0 heterocycles. The summed E-state index contributed by atoms with van der Waals surface area (Å²) in [4.78, 5) is 0. The third-order valence-corrected chi connectivity index (χ3v) is 12.5. The van der Waals surface area contributed by atoms with Crippen molar-refractivity contribution in [3.63, 3.8) is 0 Å². The normalized spacial score (nSPS) is 61.8. The molecule has 0 radical (unpaired) electrons. The van der Waals surface area contributed by atoms with Gasteiger partial charge in [-0.2, -0.15) is 0 Å². The first-order chi connectivity index (χ1) is 17.6. The van der Waals surface area contributed by atoms with E-state index in [1.54, 1.807) is 0 Å². The van der Waals surface area contributed by atoms with Crippen LogP contribution in [0.2, 0.25) is 0 Å². The van der Waals surface area contributed by atoms with Crippen LogP contribution >= 0.6 is 0 Å². The zero-order valence-electron chi connectivity index (χ0n) is 23.0. The second-order valence-electron chi connectivity index (χ2n) is 16.9. The highest BCUT2D eigenvalue weighted by molar-refractivity contribution is 5.15. The number of hydrogen-bond acceptors (Lipinski definition) is 7. The molecule has 12 bridgehead atoms. The van der Waals surface area contributed by atoms with Crippen molar-refractivity contribution in [3.8, 4) is 0 Å². The molecule has 0 aromatic heterocycles. The molecule has 0 aromatic rings. The van der Waals surface area contributed by atoms with Crippen LogP contribution in [0.1, 0.15) is 116 Å². The fourth-order valence-corrected chi connectivity index (χ4v) is 13.0. The predicted molar refractivity (Wildman–Crippen MR) is 140 cm³/mol. The Hall–Kier alpha value is -0.280. The van der Waals surface area contributed by atoms with Crippen molar-refractivity contribution in [2.45, 2.75) is 149 Å². The predicted octanol–water partition coefficient (Wildman–Crippen LogP) is 2.55. The highest BCUT2D eigenvalue weighted by Gasteiger charge is 2.62. The summed E-state index contributed by atoms with van der Waals surface area (Å²) in [5.41, 5.74) is -3.59. The number of aliphatic hydroxyl groups excluding tert-OH is 1. The Balaban J connectivity index is 0.0000000956. The minimum atomic E-state index is -0.775. The van der Waals surface area contributed by atoms with Crippen molar-refractivity contribution in [1.29, 1.82) is 0 Å². The minimum Gasteiger partial charge on any atom is -0.396 e. The van der Waals surface area contributed by atoms with E-state index in [1.165, 1.54) is 25.7 Å². The van der Waals surface area contributed by atoms with E-state index in [4.69, 9.17) is 0 Å². The maximum Gasteiger partial charge on any atom is 0.0705 e. The average molecular weight is 535 g/mol. The first kappa shape index (κ1) is 26.6. The van der Waals surface area contributed by atoms with Gasteiger partial charge in [0.25, 0.3) is 0 Å². The Labute approximate surface area is 226 Å². The molecule has 0 amide bonds. The summed E-state index contributed by atoms with van der Waals surface area (Å²) in [6, 6.07) is 0. The van der Waals surface area contributed by atoms with Gasteiger partial charge in [0, 0.05) is 32.3 Å². The quantitative estimate of drug-likeness (QED) is 0.274. The molecule has 0 aromatic carbocycles. The van der Waals surface area contributed by atoms with Crippen molar-refractivity contribution in [2.24, 2.45) is 35.0 Å². The molecular formula is C31H50O7. The van der Waals surface area contributed by atoms with E-state index in [0.29, 0.717) is 61.9 Å². The second kappa shape index (κ2) is 8.17. The molecule has 12 rings (SSSR count). The fraction of sp³-hybridized carbons (Fsp3) is 1.00. The van der Waals surface area contributed by atoms with E-state index >= 15 is 0 Å². The molecule has 0 spiro atoms. The van der Waals surface area contributed by atoms with Crippen molar-refractivity contribution in [1.82, 2.24) is 0 Å². The Kier molecular flexibility index (Phi) is 5.72. The van der Waals surface area contributed by atoms with Gasteiger partial charge in [-0.05, 0) is 125 Å². The molecule has 12 saturated carbocycles. The molecule has 2 atom stereocenters. The number of rotatable bonds is 1. The topological polar surface area (TPSA) is 142 Å². The second-order valence-corrected chi connectivity index (χ2v) is 16.9. The van der Waals surface area contributed by atoms with E-state index in [0.717, 1.165) is 64.2 Å².